The third-order valence-electron chi connectivity index (χ3n) is 3.21. The summed E-state index contributed by atoms with van der Waals surface area (Å²) in [6.07, 6.45) is 0.743. The minimum absolute atomic E-state index is 0. The SMILES string of the molecule is CC1(C)CN(S(=O)(=O)CCCF)CCC1N.Cl. The zero-order valence-electron chi connectivity index (χ0n) is 10.4. The smallest absolute Gasteiger partial charge is 0.214 e. The standard InChI is InChI=1S/C10H21FN2O2S.ClH/c1-10(2)8-13(6-4-9(10)12)16(14,15)7-3-5-11;/h9H,3-8,12H2,1-2H3;1H. The van der Waals surface area contributed by atoms with Crippen molar-refractivity contribution in [3.05, 3.63) is 0 Å². The lowest BCUT2D eigenvalue weighted by molar-refractivity contribution is 0.155. The number of piperidine rings is 1. The van der Waals surface area contributed by atoms with E-state index in [9.17, 15) is 12.8 Å². The van der Waals surface area contributed by atoms with Crippen LogP contribution >= 0.6 is 12.4 Å². The Morgan fingerprint density at radius 2 is 2.06 bits per heavy atom. The van der Waals surface area contributed by atoms with Gasteiger partial charge in [0.25, 0.3) is 0 Å². The van der Waals surface area contributed by atoms with Gasteiger partial charge in [0.15, 0.2) is 0 Å². The summed E-state index contributed by atoms with van der Waals surface area (Å²) in [4.78, 5) is 0. The van der Waals surface area contributed by atoms with Crippen molar-refractivity contribution in [3.63, 3.8) is 0 Å². The van der Waals surface area contributed by atoms with E-state index in [-0.39, 0.29) is 36.0 Å². The highest BCUT2D eigenvalue weighted by atomic mass is 35.5. The number of nitrogens with two attached hydrogens (primary N) is 1. The molecule has 1 heterocycles. The van der Waals surface area contributed by atoms with Gasteiger partial charge in [-0.2, -0.15) is 0 Å². The maximum atomic E-state index is 12.0. The molecule has 4 nitrogen and oxygen atoms in total. The number of hydrogen-bond acceptors (Lipinski definition) is 3. The Hall–Kier alpha value is 0.0900. The van der Waals surface area contributed by atoms with Crippen LogP contribution in [0.5, 0.6) is 0 Å². The summed E-state index contributed by atoms with van der Waals surface area (Å²) < 4.78 is 37.2. The monoisotopic (exact) mass is 288 g/mol. The van der Waals surface area contributed by atoms with E-state index in [2.05, 4.69) is 0 Å². The van der Waals surface area contributed by atoms with Gasteiger partial charge in [-0.1, -0.05) is 13.8 Å². The molecule has 0 aliphatic carbocycles. The van der Waals surface area contributed by atoms with Crippen LogP contribution in [0.15, 0.2) is 0 Å². The average molecular weight is 289 g/mol. The predicted molar refractivity (Wildman–Crippen MR) is 69.6 cm³/mol. The van der Waals surface area contributed by atoms with E-state index >= 15 is 0 Å². The lowest BCUT2D eigenvalue weighted by atomic mass is 9.81. The van der Waals surface area contributed by atoms with Crippen molar-refractivity contribution in [2.45, 2.75) is 32.7 Å². The molecule has 0 aromatic carbocycles. The molecule has 1 rings (SSSR count). The van der Waals surface area contributed by atoms with E-state index in [0.717, 1.165) is 0 Å². The van der Waals surface area contributed by atoms with Gasteiger partial charge in [0, 0.05) is 19.1 Å². The number of hydrogen-bond donors (Lipinski definition) is 1. The van der Waals surface area contributed by atoms with Crippen molar-refractivity contribution in [2.24, 2.45) is 11.1 Å². The molecule has 0 spiro atoms. The highest BCUT2D eigenvalue weighted by Gasteiger charge is 2.37. The van der Waals surface area contributed by atoms with E-state index in [1.165, 1.54) is 4.31 Å². The summed E-state index contributed by atoms with van der Waals surface area (Å²) in [7, 11) is -3.30. The second kappa shape index (κ2) is 6.31. The molecule has 1 unspecified atom stereocenters. The number of alkyl halides is 1. The second-order valence-electron chi connectivity index (χ2n) is 5.08. The Bertz CT molecular complexity index is 335. The van der Waals surface area contributed by atoms with Crippen LogP contribution in [0, 0.1) is 5.41 Å². The molecule has 7 heteroatoms. The van der Waals surface area contributed by atoms with Crippen LogP contribution < -0.4 is 5.73 Å². The molecule has 17 heavy (non-hydrogen) atoms. The molecule has 0 saturated carbocycles. The van der Waals surface area contributed by atoms with E-state index < -0.39 is 16.7 Å². The van der Waals surface area contributed by atoms with Gasteiger partial charge >= 0.3 is 0 Å². The molecule has 0 radical (unpaired) electrons. The molecule has 1 saturated heterocycles. The van der Waals surface area contributed by atoms with Crippen molar-refractivity contribution in [3.8, 4) is 0 Å². The molecular formula is C10H22ClFN2O2S. The van der Waals surface area contributed by atoms with Gasteiger partial charge < -0.3 is 5.73 Å². The fourth-order valence-electron chi connectivity index (χ4n) is 1.93. The van der Waals surface area contributed by atoms with Crippen LogP contribution in [-0.4, -0.2) is 44.3 Å². The first-order valence-electron chi connectivity index (χ1n) is 5.59. The van der Waals surface area contributed by atoms with Gasteiger partial charge in [0.2, 0.25) is 10.0 Å². The summed E-state index contributed by atoms with van der Waals surface area (Å²) in [5, 5.41) is 0. The summed E-state index contributed by atoms with van der Waals surface area (Å²) in [5.41, 5.74) is 5.73. The van der Waals surface area contributed by atoms with Gasteiger partial charge in [-0.05, 0) is 18.3 Å². The van der Waals surface area contributed by atoms with Crippen molar-refractivity contribution in [1.29, 1.82) is 0 Å². The fraction of sp³-hybridized carbons (Fsp3) is 1.00. The van der Waals surface area contributed by atoms with Crippen LogP contribution in [0.25, 0.3) is 0 Å². The maximum Gasteiger partial charge on any atom is 0.214 e. The molecule has 1 aliphatic rings. The van der Waals surface area contributed by atoms with E-state index in [1.807, 2.05) is 13.8 Å². The highest BCUT2D eigenvalue weighted by Crippen LogP contribution is 2.29. The van der Waals surface area contributed by atoms with E-state index in [0.29, 0.717) is 19.5 Å². The lowest BCUT2D eigenvalue weighted by Gasteiger charge is -2.41. The van der Waals surface area contributed by atoms with Crippen LogP contribution in [0.1, 0.15) is 26.7 Å². The first-order valence-corrected chi connectivity index (χ1v) is 7.20. The summed E-state index contributed by atoms with van der Waals surface area (Å²) in [6, 6.07) is 0.0279. The van der Waals surface area contributed by atoms with E-state index in [1.54, 1.807) is 0 Å². The molecule has 0 amide bonds. The number of halogens is 2. The average Bonchev–Trinajstić information content (AvgIpc) is 2.19. The van der Waals surface area contributed by atoms with Gasteiger partial charge in [0.1, 0.15) is 0 Å². The zero-order chi connectivity index (χ0) is 12.4. The maximum absolute atomic E-state index is 12.0. The largest absolute Gasteiger partial charge is 0.327 e. The third-order valence-corrected chi connectivity index (χ3v) is 5.11. The third kappa shape index (κ3) is 4.35. The van der Waals surface area contributed by atoms with Crippen LogP contribution in [0.2, 0.25) is 0 Å². The number of nitrogens with zero attached hydrogens (tertiary/aromatic N) is 1. The Balaban J connectivity index is 0.00000256. The van der Waals surface area contributed by atoms with Crippen molar-refractivity contribution >= 4 is 22.4 Å². The molecule has 0 aromatic rings. The van der Waals surface area contributed by atoms with Crippen LogP contribution in [0.3, 0.4) is 0 Å². The van der Waals surface area contributed by atoms with Crippen LogP contribution in [-0.2, 0) is 10.0 Å². The molecule has 0 bridgehead atoms. The molecule has 2 N–H and O–H groups in total. The topological polar surface area (TPSA) is 63.4 Å². The minimum atomic E-state index is -3.30. The second-order valence-corrected chi connectivity index (χ2v) is 7.16. The highest BCUT2D eigenvalue weighted by molar-refractivity contribution is 7.89. The molecule has 1 fully saturated rings. The Kier molecular flexibility index (Phi) is 6.35. The predicted octanol–water partition coefficient (Wildman–Crippen LogP) is 1.16. The number of rotatable bonds is 4. The first-order chi connectivity index (χ1) is 7.29. The van der Waals surface area contributed by atoms with Crippen LogP contribution in [0.4, 0.5) is 4.39 Å². The summed E-state index contributed by atoms with van der Waals surface area (Å²) in [6.45, 7) is 4.24. The van der Waals surface area contributed by atoms with E-state index in [4.69, 9.17) is 5.73 Å². The minimum Gasteiger partial charge on any atom is -0.327 e. The molecule has 0 aromatic heterocycles. The molecule has 1 aliphatic heterocycles. The van der Waals surface area contributed by atoms with Gasteiger partial charge in [-0.3, -0.25) is 4.39 Å². The van der Waals surface area contributed by atoms with Gasteiger partial charge in [-0.25, -0.2) is 12.7 Å². The fourth-order valence-corrected chi connectivity index (χ4v) is 3.57. The summed E-state index contributed by atoms with van der Waals surface area (Å²) in [5.74, 6) is -0.102. The normalized spacial score (nSPS) is 25.3. The van der Waals surface area contributed by atoms with Gasteiger partial charge in [-0.15, -0.1) is 12.4 Å². The van der Waals surface area contributed by atoms with Gasteiger partial charge in [0.05, 0.1) is 12.4 Å². The Morgan fingerprint density at radius 1 is 1.47 bits per heavy atom. The van der Waals surface area contributed by atoms with Crippen molar-refractivity contribution in [1.82, 2.24) is 4.31 Å². The molecule has 104 valence electrons. The zero-order valence-corrected chi connectivity index (χ0v) is 12.0. The van der Waals surface area contributed by atoms with Crippen molar-refractivity contribution < 1.29 is 12.8 Å². The lowest BCUT2D eigenvalue weighted by Crippen LogP contribution is -2.54. The van der Waals surface area contributed by atoms with Crippen molar-refractivity contribution in [2.75, 3.05) is 25.5 Å². The Labute approximate surface area is 109 Å². The molecule has 1 atom stereocenters. The Morgan fingerprint density at radius 3 is 2.53 bits per heavy atom. The quantitative estimate of drug-likeness (QED) is 0.844. The first kappa shape index (κ1) is 17.1. The number of sulfonamides is 1. The molecular weight excluding hydrogens is 267 g/mol. The summed E-state index contributed by atoms with van der Waals surface area (Å²) >= 11 is 0.